The Kier molecular flexibility index (Phi) is 12.1. The lowest BCUT2D eigenvalue weighted by atomic mass is 9.92. The summed E-state index contributed by atoms with van der Waals surface area (Å²) in [5, 5.41) is 12.8. The van der Waals surface area contributed by atoms with Crippen molar-refractivity contribution in [2.45, 2.75) is 58.0 Å². The first-order valence-electron chi connectivity index (χ1n) is 13.9. The second-order valence-corrected chi connectivity index (χ2v) is 10.3. The molecule has 0 aromatic heterocycles. The molecule has 216 valence electrons. The summed E-state index contributed by atoms with van der Waals surface area (Å²) in [7, 11) is 4.88. The van der Waals surface area contributed by atoms with Crippen LogP contribution < -0.4 is 19.5 Å². The van der Waals surface area contributed by atoms with Gasteiger partial charge < -0.3 is 29.4 Å². The van der Waals surface area contributed by atoms with Crippen molar-refractivity contribution in [1.29, 1.82) is 0 Å². The molecule has 1 saturated heterocycles. The highest BCUT2D eigenvalue weighted by atomic mass is 16.5. The van der Waals surface area contributed by atoms with Gasteiger partial charge in [-0.2, -0.15) is 0 Å². The molecule has 0 amide bonds. The minimum Gasteiger partial charge on any atom is -0.497 e. The molecule has 2 atom stereocenters. The molecule has 0 saturated carbocycles. The molecule has 1 aliphatic rings. The number of methoxy groups -OCH3 is 3. The number of aliphatic hydroxyl groups excluding tert-OH is 1. The van der Waals surface area contributed by atoms with Crippen LogP contribution in [-0.2, 0) is 4.74 Å². The third-order valence-corrected chi connectivity index (χ3v) is 8.03. The van der Waals surface area contributed by atoms with Crippen LogP contribution in [0.4, 0.5) is 0 Å². The third-order valence-electron chi connectivity index (χ3n) is 8.03. The maximum absolute atomic E-state index is 11.9. The first-order valence-corrected chi connectivity index (χ1v) is 13.9. The van der Waals surface area contributed by atoms with Gasteiger partial charge in [-0.05, 0) is 62.4 Å². The van der Waals surface area contributed by atoms with Gasteiger partial charge >= 0.3 is 0 Å². The van der Waals surface area contributed by atoms with Gasteiger partial charge in [-0.1, -0.05) is 6.07 Å². The number of nitrogens with zero attached hydrogens (tertiary/aromatic N) is 1. The molecule has 39 heavy (non-hydrogen) atoms. The van der Waals surface area contributed by atoms with E-state index in [4.69, 9.17) is 24.1 Å². The molecular formula is C31H46N2O6. The largest absolute Gasteiger partial charge is 0.497 e. The van der Waals surface area contributed by atoms with E-state index in [0.29, 0.717) is 55.3 Å². The van der Waals surface area contributed by atoms with Crippen molar-refractivity contribution in [1.82, 2.24) is 10.2 Å². The molecule has 1 unspecified atom stereocenters. The summed E-state index contributed by atoms with van der Waals surface area (Å²) in [6.45, 7) is 10.4. The number of benzene rings is 2. The Morgan fingerprint density at radius 3 is 2.44 bits per heavy atom. The van der Waals surface area contributed by atoms with E-state index in [-0.39, 0.29) is 12.5 Å². The van der Waals surface area contributed by atoms with E-state index < -0.39 is 0 Å². The number of likely N-dealkylation sites (tertiary alicyclic amines) is 1. The van der Waals surface area contributed by atoms with Crippen molar-refractivity contribution in [3.8, 4) is 17.2 Å². The monoisotopic (exact) mass is 542 g/mol. The van der Waals surface area contributed by atoms with Gasteiger partial charge in [0.1, 0.15) is 17.2 Å². The van der Waals surface area contributed by atoms with Crippen molar-refractivity contribution >= 4 is 6.29 Å². The number of carbonyl (C=O) groups excluding carboxylic acids is 1. The summed E-state index contributed by atoms with van der Waals surface area (Å²) in [6, 6.07) is 8.54. The number of carbonyl (C=O) groups is 1. The highest BCUT2D eigenvalue weighted by molar-refractivity contribution is 5.80. The minimum atomic E-state index is -0.0308. The lowest BCUT2D eigenvalue weighted by Crippen LogP contribution is -2.44. The fourth-order valence-electron chi connectivity index (χ4n) is 5.56. The smallest absolute Gasteiger partial charge is 0.150 e. The second-order valence-electron chi connectivity index (χ2n) is 10.3. The van der Waals surface area contributed by atoms with E-state index in [9.17, 15) is 4.79 Å². The first-order chi connectivity index (χ1) is 18.9. The third kappa shape index (κ3) is 7.72. The number of hydrogen-bond donors (Lipinski definition) is 2. The standard InChI is InChI=1S/C31H46N2O6/c1-21-22(2)29(39-15-7-14-34)9-8-28(21)23(3)33-12-10-26(11-13-33)32-18-25(20-36-4)31-24(19-35)16-27(37-5)17-30(31)38-6/h8-9,16-17,19,23,25-26,32,34H,7,10-15,18,20H2,1-6H3/t23-,25?/m0/s1. The van der Waals surface area contributed by atoms with E-state index in [1.54, 1.807) is 27.4 Å². The van der Waals surface area contributed by atoms with Crippen LogP contribution in [0.1, 0.15) is 70.8 Å². The lowest BCUT2D eigenvalue weighted by Gasteiger charge is -2.38. The topological polar surface area (TPSA) is 89.5 Å². The predicted molar refractivity (Wildman–Crippen MR) is 154 cm³/mol. The van der Waals surface area contributed by atoms with Crippen LogP contribution in [0.15, 0.2) is 24.3 Å². The van der Waals surface area contributed by atoms with Gasteiger partial charge in [0.05, 0.1) is 27.4 Å². The number of nitrogens with one attached hydrogen (secondary N) is 1. The maximum Gasteiger partial charge on any atom is 0.150 e. The van der Waals surface area contributed by atoms with Gasteiger partial charge in [0.2, 0.25) is 0 Å². The van der Waals surface area contributed by atoms with Crippen LogP contribution in [0.5, 0.6) is 17.2 Å². The zero-order valence-corrected chi connectivity index (χ0v) is 24.4. The van der Waals surface area contributed by atoms with Crippen molar-refractivity contribution in [3.05, 3.63) is 52.1 Å². The zero-order valence-electron chi connectivity index (χ0n) is 24.4. The Bertz CT molecular complexity index is 1070. The summed E-state index contributed by atoms with van der Waals surface area (Å²) >= 11 is 0. The molecule has 0 spiro atoms. The Labute approximate surface area is 233 Å². The van der Waals surface area contributed by atoms with E-state index in [0.717, 1.165) is 43.5 Å². The Hall–Kier alpha value is -2.65. The average molecular weight is 543 g/mol. The highest BCUT2D eigenvalue weighted by Gasteiger charge is 2.27. The molecule has 0 radical (unpaired) electrons. The van der Waals surface area contributed by atoms with Crippen LogP contribution in [0.2, 0.25) is 0 Å². The Morgan fingerprint density at radius 2 is 1.82 bits per heavy atom. The Balaban J connectivity index is 1.62. The molecule has 0 aliphatic carbocycles. The molecule has 1 aliphatic heterocycles. The summed E-state index contributed by atoms with van der Waals surface area (Å²) in [5.41, 5.74) is 5.19. The van der Waals surface area contributed by atoms with E-state index in [1.807, 2.05) is 6.07 Å². The molecule has 2 N–H and O–H groups in total. The van der Waals surface area contributed by atoms with Gasteiger partial charge in [-0.25, -0.2) is 0 Å². The number of piperidine rings is 1. The van der Waals surface area contributed by atoms with Crippen LogP contribution in [0, 0.1) is 13.8 Å². The van der Waals surface area contributed by atoms with Gasteiger partial charge in [0, 0.05) is 75.0 Å². The van der Waals surface area contributed by atoms with E-state index >= 15 is 0 Å². The molecule has 1 fully saturated rings. The molecule has 8 nitrogen and oxygen atoms in total. The average Bonchev–Trinajstić information content (AvgIpc) is 2.96. The van der Waals surface area contributed by atoms with Crippen LogP contribution in [0.25, 0.3) is 0 Å². The number of ether oxygens (including phenoxy) is 4. The van der Waals surface area contributed by atoms with Gasteiger partial charge in [0.15, 0.2) is 6.29 Å². The lowest BCUT2D eigenvalue weighted by molar-refractivity contribution is 0.111. The molecule has 2 aromatic carbocycles. The summed E-state index contributed by atoms with van der Waals surface area (Å²) in [5.74, 6) is 2.10. The first kappa shape index (κ1) is 30.9. The Morgan fingerprint density at radius 1 is 1.08 bits per heavy atom. The molecule has 3 rings (SSSR count). The maximum atomic E-state index is 11.9. The van der Waals surface area contributed by atoms with Gasteiger partial charge in [-0.15, -0.1) is 0 Å². The van der Waals surface area contributed by atoms with Crippen molar-refractivity contribution in [2.24, 2.45) is 0 Å². The van der Waals surface area contributed by atoms with Crippen molar-refractivity contribution in [2.75, 3.05) is 60.8 Å². The summed E-state index contributed by atoms with van der Waals surface area (Å²) < 4.78 is 22.4. The SMILES string of the molecule is COCC(CNC1CCN([C@@H](C)c2ccc(OCCCO)c(C)c2C)CC1)c1c(C=O)cc(OC)cc1OC. The molecule has 0 bridgehead atoms. The van der Waals surface area contributed by atoms with E-state index in [1.165, 1.54) is 16.7 Å². The molecule has 8 heteroatoms. The molecular weight excluding hydrogens is 496 g/mol. The normalized spacial score (nSPS) is 16.1. The zero-order chi connectivity index (χ0) is 28.4. The molecule has 2 aromatic rings. The predicted octanol–water partition coefficient (Wildman–Crippen LogP) is 4.44. The van der Waals surface area contributed by atoms with Crippen LogP contribution >= 0.6 is 0 Å². The van der Waals surface area contributed by atoms with E-state index in [2.05, 4.69) is 43.1 Å². The van der Waals surface area contributed by atoms with Crippen LogP contribution in [0.3, 0.4) is 0 Å². The van der Waals surface area contributed by atoms with Crippen molar-refractivity contribution in [3.63, 3.8) is 0 Å². The van der Waals surface area contributed by atoms with Gasteiger partial charge in [-0.3, -0.25) is 9.69 Å². The number of hydrogen-bond acceptors (Lipinski definition) is 8. The fourth-order valence-corrected chi connectivity index (χ4v) is 5.56. The number of aliphatic hydroxyl groups is 1. The van der Waals surface area contributed by atoms with Crippen LogP contribution in [-0.4, -0.2) is 83.1 Å². The summed E-state index contributed by atoms with van der Waals surface area (Å²) in [4.78, 5) is 14.5. The van der Waals surface area contributed by atoms with Crippen molar-refractivity contribution < 1.29 is 28.8 Å². The summed E-state index contributed by atoms with van der Waals surface area (Å²) in [6.07, 6.45) is 3.59. The fraction of sp³-hybridized carbons (Fsp3) is 0.581. The van der Waals surface area contributed by atoms with Gasteiger partial charge in [0.25, 0.3) is 0 Å². The highest BCUT2D eigenvalue weighted by Crippen LogP contribution is 2.35. The number of aldehydes is 1. The second kappa shape index (κ2) is 15.2. The minimum absolute atomic E-state index is 0.0308. The molecule has 1 heterocycles. The quantitative estimate of drug-likeness (QED) is 0.252. The number of rotatable bonds is 15.